The molecular weight excluding hydrogens is 300 g/mol. The molecule has 2 N–H and O–H groups in total. The number of rotatable bonds is 3. The minimum atomic E-state index is -0.252. The van der Waals surface area contributed by atoms with Crippen LogP contribution in [0.4, 0.5) is 5.13 Å². The molecule has 2 aromatic heterocycles. The van der Waals surface area contributed by atoms with Crippen LogP contribution in [0.2, 0.25) is 0 Å². The number of ketones is 1. The number of hydrogen-bond donors (Lipinski definition) is 2. The molecule has 0 spiro atoms. The summed E-state index contributed by atoms with van der Waals surface area (Å²) in [5.41, 5.74) is 2.79. The predicted molar refractivity (Wildman–Crippen MR) is 82.6 cm³/mol. The molecule has 2 aromatic rings. The average Bonchev–Trinajstić information content (AvgIpc) is 3.14. The van der Waals surface area contributed by atoms with E-state index < -0.39 is 0 Å². The highest BCUT2D eigenvalue weighted by atomic mass is 32.1. The van der Waals surface area contributed by atoms with E-state index in [1.54, 1.807) is 0 Å². The molecule has 0 radical (unpaired) electrons. The smallest absolute Gasteiger partial charge is 0.274 e. The highest BCUT2D eigenvalue weighted by Gasteiger charge is 2.29. The first-order valence-corrected chi connectivity index (χ1v) is 8.34. The molecule has 7 heteroatoms. The third-order valence-corrected chi connectivity index (χ3v) is 5.25. The van der Waals surface area contributed by atoms with Crippen molar-refractivity contribution in [3.05, 3.63) is 27.5 Å². The number of aromatic nitrogens is 3. The van der Waals surface area contributed by atoms with E-state index in [4.69, 9.17) is 0 Å². The quantitative estimate of drug-likeness (QED) is 0.911. The Morgan fingerprint density at radius 2 is 2.14 bits per heavy atom. The van der Waals surface area contributed by atoms with E-state index in [2.05, 4.69) is 20.5 Å². The average molecular weight is 316 g/mol. The van der Waals surface area contributed by atoms with Gasteiger partial charge in [-0.1, -0.05) is 11.3 Å². The summed E-state index contributed by atoms with van der Waals surface area (Å²) >= 11 is 1.43. The molecule has 0 aliphatic heterocycles. The van der Waals surface area contributed by atoms with Crippen LogP contribution < -0.4 is 5.32 Å². The molecule has 0 aromatic carbocycles. The van der Waals surface area contributed by atoms with Crippen LogP contribution in [0.15, 0.2) is 0 Å². The van der Waals surface area contributed by atoms with E-state index >= 15 is 0 Å². The second-order valence-corrected chi connectivity index (χ2v) is 6.94. The Morgan fingerprint density at radius 3 is 2.86 bits per heavy atom. The van der Waals surface area contributed by atoms with E-state index in [0.29, 0.717) is 28.7 Å². The van der Waals surface area contributed by atoms with Crippen LogP contribution in [0.5, 0.6) is 0 Å². The number of H-pyrrole nitrogens is 1. The summed E-state index contributed by atoms with van der Waals surface area (Å²) in [6.45, 7) is 1.82. The molecule has 22 heavy (non-hydrogen) atoms. The summed E-state index contributed by atoms with van der Waals surface area (Å²) in [5, 5.41) is 12.4. The molecule has 1 fully saturated rings. The predicted octanol–water partition coefficient (Wildman–Crippen LogP) is 2.82. The third kappa shape index (κ3) is 2.25. The molecule has 2 heterocycles. The van der Waals surface area contributed by atoms with Gasteiger partial charge in [0, 0.05) is 23.6 Å². The maximum Gasteiger partial charge on any atom is 0.274 e. The number of carbonyl (C=O) groups excluding carboxylic acids is 2. The number of nitrogens with one attached hydrogen (secondary N) is 2. The topological polar surface area (TPSA) is 87.7 Å². The van der Waals surface area contributed by atoms with Crippen molar-refractivity contribution in [1.29, 1.82) is 0 Å². The van der Waals surface area contributed by atoms with Gasteiger partial charge >= 0.3 is 0 Å². The van der Waals surface area contributed by atoms with Crippen LogP contribution in [0.25, 0.3) is 0 Å². The molecule has 2 aliphatic carbocycles. The van der Waals surface area contributed by atoms with E-state index in [-0.39, 0.29) is 11.7 Å². The number of aromatic amines is 1. The largest absolute Gasteiger partial charge is 0.354 e. The van der Waals surface area contributed by atoms with E-state index in [9.17, 15) is 9.59 Å². The number of hydrogen-bond acceptors (Lipinski definition) is 5. The van der Waals surface area contributed by atoms with Crippen molar-refractivity contribution in [1.82, 2.24) is 15.2 Å². The van der Waals surface area contributed by atoms with Gasteiger partial charge in [-0.15, -0.1) is 10.2 Å². The minimum Gasteiger partial charge on any atom is -0.354 e. The first-order chi connectivity index (χ1) is 10.6. The molecule has 1 amide bonds. The van der Waals surface area contributed by atoms with Gasteiger partial charge in [-0.05, 0) is 38.2 Å². The molecule has 0 saturated heterocycles. The lowest BCUT2D eigenvalue weighted by Crippen LogP contribution is -2.13. The summed E-state index contributed by atoms with van der Waals surface area (Å²) in [5.74, 6) is 0.402. The lowest BCUT2D eigenvalue weighted by Gasteiger charge is -2.09. The second-order valence-electron chi connectivity index (χ2n) is 5.93. The highest BCUT2D eigenvalue weighted by Crippen LogP contribution is 2.42. The zero-order valence-corrected chi connectivity index (χ0v) is 13.0. The summed E-state index contributed by atoms with van der Waals surface area (Å²) in [6, 6.07) is 0. The molecule has 2 aliphatic rings. The fourth-order valence-electron chi connectivity index (χ4n) is 2.94. The second kappa shape index (κ2) is 5.01. The van der Waals surface area contributed by atoms with Gasteiger partial charge in [-0.25, -0.2) is 0 Å². The number of aryl methyl sites for hydroxylation is 1. The van der Waals surface area contributed by atoms with Gasteiger partial charge in [-0.3, -0.25) is 14.9 Å². The van der Waals surface area contributed by atoms with E-state index in [0.717, 1.165) is 41.9 Å². The number of nitrogens with zero attached hydrogens (tertiary/aromatic N) is 2. The zero-order chi connectivity index (χ0) is 15.3. The Hall–Kier alpha value is -2.02. The first-order valence-electron chi connectivity index (χ1n) is 7.53. The van der Waals surface area contributed by atoms with E-state index in [1.807, 2.05) is 6.92 Å². The zero-order valence-electron chi connectivity index (χ0n) is 12.2. The van der Waals surface area contributed by atoms with Crippen molar-refractivity contribution in [2.45, 2.75) is 44.9 Å². The summed E-state index contributed by atoms with van der Waals surface area (Å²) in [6.07, 6.45) is 4.54. The molecule has 4 rings (SSSR count). The van der Waals surface area contributed by atoms with Crippen molar-refractivity contribution in [3.63, 3.8) is 0 Å². The van der Waals surface area contributed by atoms with Crippen molar-refractivity contribution < 1.29 is 9.59 Å². The normalized spacial score (nSPS) is 17.4. The Morgan fingerprint density at radius 1 is 1.32 bits per heavy atom. The number of amides is 1. The van der Waals surface area contributed by atoms with Gasteiger partial charge in [0.1, 0.15) is 10.7 Å². The van der Waals surface area contributed by atoms with Gasteiger partial charge in [0.15, 0.2) is 5.78 Å². The molecule has 0 bridgehead atoms. The summed E-state index contributed by atoms with van der Waals surface area (Å²) in [7, 11) is 0. The Kier molecular flexibility index (Phi) is 3.11. The molecule has 114 valence electrons. The van der Waals surface area contributed by atoms with Crippen LogP contribution in [0.1, 0.15) is 68.7 Å². The maximum absolute atomic E-state index is 12.4. The number of fused-ring (bicyclic) bond motifs is 1. The third-order valence-electron chi connectivity index (χ3n) is 4.25. The van der Waals surface area contributed by atoms with Crippen molar-refractivity contribution >= 4 is 28.2 Å². The monoisotopic (exact) mass is 316 g/mol. The Labute approximate surface area is 131 Å². The molecule has 0 atom stereocenters. The van der Waals surface area contributed by atoms with Gasteiger partial charge in [0.2, 0.25) is 5.13 Å². The SMILES string of the molecule is Cc1c(C(=O)Nc2nnc(C3CC3)s2)[nH]c2c1C(=O)CCC2. The van der Waals surface area contributed by atoms with Crippen molar-refractivity contribution in [2.24, 2.45) is 0 Å². The first kappa shape index (κ1) is 13.6. The summed E-state index contributed by atoms with van der Waals surface area (Å²) < 4.78 is 0. The molecule has 0 unspecified atom stereocenters. The van der Waals surface area contributed by atoms with E-state index in [1.165, 1.54) is 11.3 Å². The highest BCUT2D eigenvalue weighted by molar-refractivity contribution is 7.15. The van der Waals surface area contributed by atoms with Gasteiger partial charge in [0.05, 0.1) is 0 Å². The Balaban J connectivity index is 1.58. The minimum absolute atomic E-state index is 0.126. The van der Waals surface area contributed by atoms with Gasteiger partial charge < -0.3 is 4.98 Å². The van der Waals surface area contributed by atoms with Crippen molar-refractivity contribution in [3.8, 4) is 0 Å². The molecule has 1 saturated carbocycles. The maximum atomic E-state index is 12.4. The Bertz CT molecular complexity index is 773. The number of anilines is 1. The van der Waals surface area contributed by atoms with Crippen LogP contribution in [0.3, 0.4) is 0 Å². The van der Waals surface area contributed by atoms with Crippen LogP contribution >= 0.6 is 11.3 Å². The van der Waals surface area contributed by atoms with Crippen molar-refractivity contribution in [2.75, 3.05) is 5.32 Å². The van der Waals surface area contributed by atoms with Gasteiger partial charge in [-0.2, -0.15) is 0 Å². The number of Topliss-reactive ketones (excluding diaryl/α,β-unsaturated/α-hetero) is 1. The lowest BCUT2D eigenvalue weighted by atomic mass is 9.94. The summed E-state index contributed by atoms with van der Waals surface area (Å²) in [4.78, 5) is 27.6. The standard InChI is InChI=1S/C15H16N4O2S/c1-7-11-9(3-2-4-10(11)20)16-12(7)13(21)17-15-19-18-14(22-15)8-5-6-8/h8,16H,2-6H2,1H3,(H,17,19,21). The van der Waals surface area contributed by atoms with Crippen LogP contribution in [-0.4, -0.2) is 26.9 Å². The molecule has 6 nitrogen and oxygen atoms in total. The van der Waals surface area contributed by atoms with Gasteiger partial charge in [0.25, 0.3) is 5.91 Å². The fraction of sp³-hybridized carbons (Fsp3) is 0.467. The molecular formula is C15H16N4O2S. The lowest BCUT2D eigenvalue weighted by molar-refractivity contribution is 0.0971. The number of carbonyl (C=O) groups is 2. The van der Waals surface area contributed by atoms with Crippen LogP contribution in [-0.2, 0) is 6.42 Å². The fourth-order valence-corrected chi connectivity index (χ4v) is 3.85. The van der Waals surface area contributed by atoms with Crippen LogP contribution in [0, 0.1) is 6.92 Å².